The first-order valence-electron chi connectivity index (χ1n) is 7.23. The van der Waals surface area contributed by atoms with E-state index in [-0.39, 0.29) is 6.10 Å². The highest BCUT2D eigenvalue weighted by Gasteiger charge is 2.27. The van der Waals surface area contributed by atoms with E-state index in [9.17, 15) is 5.11 Å². The van der Waals surface area contributed by atoms with Crippen molar-refractivity contribution in [2.45, 2.75) is 57.1 Å². The van der Waals surface area contributed by atoms with Crippen molar-refractivity contribution in [3.8, 4) is 0 Å². The van der Waals surface area contributed by atoms with E-state index in [1.807, 2.05) is 0 Å². The summed E-state index contributed by atoms with van der Waals surface area (Å²) >= 11 is 0. The maximum Gasteiger partial charge on any atom is 0.0695 e. The van der Waals surface area contributed by atoms with Gasteiger partial charge in [0.05, 0.1) is 12.7 Å². The van der Waals surface area contributed by atoms with Gasteiger partial charge in [-0.05, 0) is 38.6 Å². The van der Waals surface area contributed by atoms with Crippen LogP contribution in [0.3, 0.4) is 0 Å². The largest absolute Gasteiger partial charge is 0.391 e. The lowest BCUT2D eigenvalue weighted by molar-refractivity contribution is 0.0120. The molecule has 17 heavy (non-hydrogen) atoms. The molecule has 3 atom stereocenters. The van der Waals surface area contributed by atoms with Crippen LogP contribution in [0.15, 0.2) is 0 Å². The lowest BCUT2D eigenvalue weighted by Crippen LogP contribution is -2.44. The van der Waals surface area contributed by atoms with Crippen molar-refractivity contribution in [1.82, 2.24) is 4.90 Å². The molecule has 0 aromatic heterocycles. The monoisotopic (exact) mass is 241 g/mol. The van der Waals surface area contributed by atoms with Crippen LogP contribution in [0.25, 0.3) is 0 Å². The van der Waals surface area contributed by atoms with E-state index < -0.39 is 0 Å². The number of ether oxygens (including phenoxy) is 1. The third-order valence-corrected chi connectivity index (χ3v) is 4.31. The standard InChI is InChI=1S/C14H27NO2/c1-15(10-12-6-5-9-17-11-12)13-7-3-2-4-8-14(13)16/h12-14,16H,2-11H2,1H3. The smallest absolute Gasteiger partial charge is 0.0695 e. The van der Waals surface area contributed by atoms with Gasteiger partial charge in [-0.1, -0.05) is 19.3 Å². The van der Waals surface area contributed by atoms with Gasteiger partial charge in [-0.2, -0.15) is 0 Å². The highest BCUT2D eigenvalue weighted by molar-refractivity contribution is 4.81. The number of nitrogens with zero attached hydrogens (tertiary/aromatic N) is 1. The molecule has 1 N–H and O–H groups in total. The van der Waals surface area contributed by atoms with Crippen molar-refractivity contribution in [1.29, 1.82) is 0 Å². The number of hydrogen-bond acceptors (Lipinski definition) is 3. The summed E-state index contributed by atoms with van der Waals surface area (Å²) in [6.07, 6.45) is 8.26. The molecule has 1 heterocycles. The zero-order chi connectivity index (χ0) is 12.1. The Morgan fingerprint density at radius 1 is 1.12 bits per heavy atom. The molecular formula is C14H27NO2. The van der Waals surface area contributed by atoms with Crippen LogP contribution >= 0.6 is 0 Å². The second-order valence-corrected chi connectivity index (χ2v) is 5.80. The molecular weight excluding hydrogens is 214 g/mol. The van der Waals surface area contributed by atoms with Gasteiger partial charge in [0.15, 0.2) is 0 Å². The van der Waals surface area contributed by atoms with E-state index >= 15 is 0 Å². The van der Waals surface area contributed by atoms with Crippen molar-refractivity contribution in [3.05, 3.63) is 0 Å². The van der Waals surface area contributed by atoms with Gasteiger partial charge in [0.1, 0.15) is 0 Å². The van der Waals surface area contributed by atoms with E-state index in [1.165, 1.54) is 32.1 Å². The Labute approximate surface area is 105 Å². The van der Waals surface area contributed by atoms with Crippen LogP contribution in [-0.4, -0.2) is 49.0 Å². The molecule has 3 nitrogen and oxygen atoms in total. The summed E-state index contributed by atoms with van der Waals surface area (Å²) in [4.78, 5) is 2.38. The van der Waals surface area contributed by atoms with E-state index in [1.54, 1.807) is 0 Å². The fourth-order valence-corrected chi connectivity index (χ4v) is 3.28. The summed E-state index contributed by atoms with van der Waals surface area (Å²) < 4.78 is 5.53. The van der Waals surface area contributed by atoms with Gasteiger partial charge in [0.2, 0.25) is 0 Å². The molecule has 0 amide bonds. The van der Waals surface area contributed by atoms with Crippen LogP contribution in [0.1, 0.15) is 44.9 Å². The Morgan fingerprint density at radius 2 is 1.94 bits per heavy atom. The summed E-state index contributed by atoms with van der Waals surface area (Å²) in [5.41, 5.74) is 0. The number of likely N-dealkylation sites (N-methyl/N-ethyl adjacent to an activating group) is 1. The first-order chi connectivity index (χ1) is 8.27. The summed E-state index contributed by atoms with van der Waals surface area (Å²) in [6.45, 7) is 2.93. The molecule has 2 fully saturated rings. The quantitative estimate of drug-likeness (QED) is 0.768. The van der Waals surface area contributed by atoms with E-state index in [0.29, 0.717) is 12.0 Å². The maximum atomic E-state index is 10.2. The molecule has 3 heteroatoms. The van der Waals surface area contributed by atoms with Crippen LogP contribution in [0.2, 0.25) is 0 Å². The first kappa shape index (κ1) is 13.3. The number of rotatable bonds is 3. The molecule has 2 rings (SSSR count). The highest BCUT2D eigenvalue weighted by atomic mass is 16.5. The Bertz CT molecular complexity index is 216. The third kappa shape index (κ3) is 3.94. The highest BCUT2D eigenvalue weighted by Crippen LogP contribution is 2.23. The van der Waals surface area contributed by atoms with Gasteiger partial charge in [0.25, 0.3) is 0 Å². The van der Waals surface area contributed by atoms with Crippen LogP contribution in [-0.2, 0) is 4.74 Å². The van der Waals surface area contributed by atoms with Gasteiger partial charge >= 0.3 is 0 Å². The van der Waals surface area contributed by atoms with Gasteiger partial charge < -0.3 is 14.7 Å². The van der Waals surface area contributed by atoms with Crippen LogP contribution in [0, 0.1) is 5.92 Å². The molecule has 2 aliphatic rings. The van der Waals surface area contributed by atoms with Crippen LogP contribution in [0.5, 0.6) is 0 Å². The summed E-state index contributed by atoms with van der Waals surface area (Å²) in [5.74, 6) is 0.671. The van der Waals surface area contributed by atoms with Gasteiger partial charge in [-0.25, -0.2) is 0 Å². The first-order valence-corrected chi connectivity index (χ1v) is 7.23. The Morgan fingerprint density at radius 3 is 2.71 bits per heavy atom. The lowest BCUT2D eigenvalue weighted by atomic mass is 9.98. The molecule has 0 bridgehead atoms. The van der Waals surface area contributed by atoms with E-state index in [4.69, 9.17) is 4.74 Å². The van der Waals surface area contributed by atoms with Crippen molar-refractivity contribution in [2.75, 3.05) is 26.8 Å². The maximum absolute atomic E-state index is 10.2. The minimum atomic E-state index is -0.119. The van der Waals surface area contributed by atoms with Crippen molar-refractivity contribution in [3.63, 3.8) is 0 Å². The number of aliphatic hydroxyl groups is 1. The van der Waals surface area contributed by atoms with Crippen LogP contribution < -0.4 is 0 Å². The molecule has 3 unspecified atom stereocenters. The normalized spacial score (nSPS) is 35.8. The van der Waals surface area contributed by atoms with Gasteiger partial charge in [0, 0.05) is 19.2 Å². The molecule has 0 aromatic rings. The minimum absolute atomic E-state index is 0.119. The second kappa shape index (κ2) is 6.72. The molecule has 0 aromatic carbocycles. The van der Waals surface area contributed by atoms with E-state index in [0.717, 1.165) is 32.6 Å². The number of hydrogen-bond donors (Lipinski definition) is 1. The van der Waals surface area contributed by atoms with Crippen molar-refractivity contribution in [2.24, 2.45) is 5.92 Å². The zero-order valence-electron chi connectivity index (χ0n) is 11.1. The molecule has 1 aliphatic heterocycles. The topological polar surface area (TPSA) is 32.7 Å². The minimum Gasteiger partial charge on any atom is -0.391 e. The summed E-state index contributed by atoms with van der Waals surface area (Å²) in [7, 11) is 2.17. The number of aliphatic hydroxyl groups excluding tert-OH is 1. The lowest BCUT2D eigenvalue weighted by Gasteiger charge is -2.34. The summed E-state index contributed by atoms with van der Waals surface area (Å²) in [5, 5.41) is 10.2. The van der Waals surface area contributed by atoms with Crippen molar-refractivity contribution >= 4 is 0 Å². The molecule has 0 spiro atoms. The molecule has 0 radical (unpaired) electrons. The Kier molecular flexibility index (Phi) is 5.26. The Hall–Kier alpha value is -0.120. The second-order valence-electron chi connectivity index (χ2n) is 5.80. The average Bonchev–Trinajstić information content (AvgIpc) is 2.55. The van der Waals surface area contributed by atoms with E-state index in [2.05, 4.69) is 11.9 Å². The Balaban J connectivity index is 1.81. The molecule has 1 aliphatic carbocycles. The fraction of sp³-hybridized carbons (Fsp3) is 1.00. The fourth-order valence-electron chi connectivity index (χ4n) is 3.28. The SMILES string of the molecule is CN(CC1CCCOC1)C1CCCCCC1O. The van der Waals surface area contributed by atoms with Gasteiger partial charge in [-0.3, -0.25) is 0 Å². The van der Waals surface area contributed by atoms with Crippen LogP contribution in [0.4, 0.5) is 0 Å². The van der Waals surface area contributed by atoms with Crippen molar-refractivity contribution < 1.29 is 9.84 Å². The average molecular weight is 241 g/mol. The molecule has 100 valence electrons. The van der Waals surface area contributed by atoms with Gasteiger partial charge in [-0.15, -0.1) is 0 Å². The third-order valence-electron chi connectivity index (χ3n) is 4.31. The summed E-state index contributed by atoms with van der Waals surface area (Å²) in [6, 6.07) is 0.374. The predicted molar refractivity (Wildman–Crippen MR) is 69.1 cm³/mol. The predicted octanol–water partition coefficient (Wildman–Crippen LogP) is 2.04. The molecule has 1 saturated heterocycles. The zero-order valence-corrected chi connectivity index (χ0v) is 11.1. The molecule has 1 saturated carbocycles.